The fourth-order valence-electron chi connectivity index (χ4n) is 2.84. The lowest BCUT2D eigenvalue weighted by atomic mass is 10.0. The van der Waals surface area contributed by atoms with Gasteiger partial charge >= 0.3 is 0 Å². The Bertz CT molecular complexity index is 739. The van der Waals surface area contributed by atoms with Crippen LogP contribution in [0.4, 0.5) is 0 Å². The molecule has 0 heterocycles. The summed E-state index contributed by atoms with van der Waals surface area (Å²) < 4.78 is 0. The van der Waals surface area contributed by atoms with E-state index in [2.05, 4.69) is 21.3 Å². The highest BCUT2D eigenvalue weighted by molar-refractivity contribution is 5.94. The largest absolute Gasteiger partial charge is 0.368 e. The molecular weight excluding hydrogens is 398 g/mol. The predicted octanol–water partition coefficient (Wildman–Crippen LogP) is -0.156. The van der Waals surface area contributed by atoms with Crippen molar-refractivity contribution in [3.05, 3.63) is 35.9 Å². The highest BCUT2D eigenvalue weighted by Crippen LogP contribution is 2.07. The number of amides is 4. The van der Waals surface area contributed by atoms with Crippen molar-refractivity contribution < 1.29 is 19.2 Å². The van der Waals surface area contributed by atoms with Gasteiger partial charge in [-0.05, 0) is 31.4 Å². The van der Waals surface area contributed by atoms with E-state index in [1.807, 2.05) is 51.1 Å². The molecule has 172 valence electrons. The Morgan fingerprint density at radius 2 is 1.58 bits per heavy atom. The molecule has 1 aromatic rings. The van der Waals surface area contributed by atoms with Crippen molar-refractivity contribution in [2.45, 2.75) is 58.7 Å². The van der Waals surface area contributed by atoms with Crippen LogP contribution in [-0.4, -0.2) is 54.8 Å². The lowest BCUT2D eigenvalue weighted by molar-refractivity contribution is -0.133. The van der Waals surface area contributed by atoms with Gasteiger partial charge in [0.2, 0.25) is 23.6 Å². The van der Waals surface area contributed by atoms with Gasteiger partial charge in [-0.2, -0.15) is 0 Å². The van der Waals surface area contributed by atoms with Gasteiger partial charge in [-0.1, -0.05) is 51.1 Å². The molecule has 0 unspecified atom stereocenters. The predicted molar refractivity (Wildman–Crippen MR) is 119 cm³/mol. The van der Waals surface area contributed by atoms with Crippen molar-refractivity contribution in [1.29, 1.82) is 0 Å². The summed E-state index contributed by atoms with van der Waals surface area (Å²) >= 11 is 0. The average molecular weight is 434 g/mol. The average Bonchev–Trinajstić information content (AvgIpc) is 2.72. The van der Waals surface area contributed by atoms with Crippen molar-refractivity contribution in [3.8, 4) is 0 Å². The van der Waals surface area contributed by atoms with Crippen LogP contribution in [0.3, 0.4) is 0 Å². The number of hydrogen-bond acceptors (Lipinski definition) is 5. The number of benzene rings is 1. The summed E-state index contributed by atoms with van der Waals surface area (Å²) in [5, 5.41) is 11.0. The van der Waals surface area contributed by atoms with Crippen LogP contribution < -0.4 is 27.0 Å². The second-order valence-corrected chi connectivity index (χ2v) is 7.85. The molecule has 0 aliphatic rings. The third kappa shape index (κ3) is 9.61. The summed E-state index contributed by atoms with van der Waals surface area (Å²) in [4.78, 5) is 49.2. The Morgan fingerprint density at radius 3 is 2.13 bits per heavy atom. The Kier molecular flexibility index (Phi) is 11.3. The first kappa shape index (κ1) is 26.1. The number of hydrogen-bond donors (Lipinski definition) is 5. The molecule has 0 saturated carbocycles. The normalized spacial score (nSPS) is 13.7. The fourth-order valence-corrected chi connectivity index (χ4v) is 2.84. The van der Waals surface area contributed by atoms with Gasteiger partial charge in [0.25, 0.3) is 0 Å². The van der Waals surface area contributed by atoms with Gasteiger partial charge in [-0.25, -0.2) is 0 Å². The number of rotatable bonds is 13. The lowest BCUT2D eigenvalue weighted by Gasteiger charge is -2.26. The third-order valence-electron chi connectivity index (χ3n) is 4.68. The lowest BCUT2D eigenvalue weighted by Crippen LogP contribution is -2.58. The van der Waals surface area contributed by atoms with Gasteiger partial charge in [-0.15, -0.1) is 0 Å². The minimum Gasteiger partial charge on any atom is -0.368 e. The van der Waals surface area contributed by atoms with Crippen molar-refractivity contribution in [2.75, 3.05) is 13.1 Å². The Balaban J connectivity index is 2.92. The molecular formula is C22H35N5O4. The molecule has 1 aromatic carbocycles. The molecule has 0 spiro atoms. The Morgan fingerprint density at radius 1 is 0.935 bits per heavy atom. The van der Waals surface area contributed by atoms with Crippen LogP contribution in [0.15, 0.2) is 30.3 Å². The van der Waals surface area contributed by atoms with Crippen LogP contribution in [0.5, 0.6) is 0 Å². The van der Waals surface area contributed by atoms with Crippen molar-refractivity contribution in [2.24, 2.45) is 11.7 Å². The molecule has 0 saturated heterocycles. The molecule has 31 heavy (non-hydrogen) atoms. The van der Waals surface area contributed by atoms with E-state index in [9.17, 15) is 19.2 Å². The highest BCUT2D eigenvalue weighted by atomic mass is 16.2. The SMILES string of the molecule is CCCNCC(=O)N[C@H](C(=O)N[C@@H](Cc1ccccc1)C(=O)N[C@@H](C)C(N)=O)C(C)C. The van der Waals surface area contributed by atoms with E-state index in [1.165, 1.54) is 6.92 Å². The maximum Gasteiger partial charge on any atom is 0.243 e. The molecule has 3 atom stereocenters. The molecule has 0 radical (unpaired) electrons. The summed E-state index contributed by atoms with van der Waals surface area (Å²) in [7, 11) is 0. The second kappa shape index (κ2) is 13.4. The van der Waals surface area contributed by atoms with Crippen LogP contribution in [0.2, 0.25) is 0 Å². The van der Waals surface area contributed by atoms with E-state index in [4.69, 9.17) is 5.73 Å². The van der Waals surface area contributed by atoms with E-state index >= 15 is 0 Å². The van der Waals surface area contributed by atoms with Gasteiger partial charge < -0.3 is 27.0 Å². The standard InChI is InChI=1S/C22H35N5O4/c1-5-11-24-13-18(28)27-19(14(2)3)22(31)26-17(12-16-9-7-6-8-10-16)21(30)25-15(4)20(23)29/h6-10,14-15,17,19,24H,5,11-13H2,1-4H3,(H2,23,29)(H,25,30)(H,26,31)(H,27,28)/t15-,17-,19-/m0/s1. The zero-order valence-corrected chi connectivity index (χ0v) is 18.7. The fraction of sp³-hybridized carbons (Fsp3) is 0.545. The zero-order valence-electron chi connectivity index (χ0n) is 18.7. The Hall–Kier alpha value is -2.94. The van der Waals surface area contributed by atoms with Gasteiger partial charge in [0.15, 0.2) is 0 Å². The summed E-state index contributed by atoms with van der Waals surface area (Å²) in [6.07, 6.45) is 1.11. The first-order valence-corrected chi connectivity index (χ1v) is 10.6. The number of nitrogens with one attached hydrogen (secondary N) is 4. The molecule has 6 N–H and O–H groups in total. The van der Waals surface area contributed by atoms with Gasteiger partial charge in [-0.3, -0.25) is 19.2 Å². The maximum atomic E-state index is 13.0. The molecule has 9 heteroatoms. The van der Waals surface area contributed by atoms with Crippen molar-refractivity contribution >= 4 is 23.6 Å². The van der Waals surface area contributed by atoms with Gasteiger partial charge in [0, 0.05) is 6.42 Å². The van der Waals surface area contributed by atoms with Crippen LogP contribution in [0.25, 0.3) is 0 Å². The van der Waals surface area contributed by atoms with Crippen molar-refractivity contribution in [1.82, 2.24) is 21.3 Å². The number of primary amides is 1. The summed E-state index contributed by atoms with van der Waals surface area (Å²) in [5.74, 6) is -2.16. The van der Waals surface area contributed by atoms with E-state index < -0.39 is 35.8 Å². The van der Waals surface area contributed by atoms with Crippen LogP contribution in [0, 0.1) is 5.92 Å². The third-order valence-corrected chi connectivity index (χ3v) is 4.68. The molecule has 0 aliphatic carbocycles. The van der Waals surface area contributed by atoms with E-state index in [1.54, 1.807) is 0 Å². The minimum absolute atomic E-state index is 0.106. The maximum absolute atomic E-state index is 13.0. The molecule has 0 aliphatic heterocycles. The number of nitrogens with two attached hydrogens (primary N) is 1. The summed E-state index contributed by atoms with van der Waals surface area (Å²) in [6.45, 7) is 7.89. The van der Waals surface area contributed by atoms with E-state index in [0.717, 1.165) is 12.0 Å². The monoisotopic (exact) mass is 433 g/mol. The molecule has 4 amide bonds. The summed E-state index contributed by atoms with van der Waals surface area (Å²) in [5.41, 5.74) is 6.07. The van der Waals surface area contributed by atoms with E-state index in [-0.39, 0.29) is 24.8 Å². The van der Waals surface area contributed by atoms with Gasteiger partial charge in [0.1, 0.15) is 18.1 Å². The van der Waals surface area contributed by atoms with E-state index in [0.29, 0.717) is 6.54 Å². The summed E-state index contributed by atoms with van der Waals surface area (Å²) in [6, 6.07) is 6.56. The molecule has 0 bridgehead atoms. The molecule has 0 aromatic heterocycles. The zero-order chi connectivity index (χ0) is 23.4. The minimum atomic E-state index is -0.937. The molecule has 1 rings (SSSR count). The number of carbonyl (C=O) groups is 4. The Labute approximate surface area is 183 Å². The molecule has 0 fully saturated rings. The topological polar surface area (TPSA) is 142 Å². The molecule has 9 nitrogen and oxygen atoms in total. The van der Waals surface area contributed by atoms with Gasteiger partial charge in [0.05, 0.1) is 6.54 Å². The second-order valence-electron chi connectivity index (χ2n) is 7.85. The highest BCUT2D eigenvalue weighted by Gasteiger charge is 2.29. The van der Waals surface area contributed by atoms with Crippen LogP contribution in [0.1, 0.15) is 39.7 Å². The number of carbonyl (C=O) groups excluding carboxylic acids is 4. The van der Waals surface area contributed by atoms with Crippen LogP contribution in [-0.2, 0) is 25.6 Å². The van der Waals surface area contributed by atoms with Crippen molar-refractivity contribution in [3.63, 3.8) is 0 Å². The van der Waals surface area contributed by atoms with Crippen LogP contribution >= 0.6 is 0 Å². The first-order chi connectivity index (χ1) is 14.6. The quantitative estimate of drug-likeness (QED) is 0.275. The first-order valence-electron chi connectivity index (χ1n) is 10.6. The smallest absolute Gasteiger partial charge is 0.243 e.